The van der Waals surface area contributed by atoms with Crippen molar-refractivity contribution in [3.8, 4) is 0 Å². The summed E-state index contributed by atoms with van der Waals surface area (Å²) in [4.78, 5) is 0. The normalized spacial score (nSPS) is 29.1. The molecule has 1 saturated carbocycles. The average Bonchev–Trinajstić information content (AvgIpc) is 2.15. The van der Waals surface area contributed by atoms with Gasteiger partial charge in [0.15, 0.2) is 0 Å². The van der Waals surface area contributed by atoms with Crippen LogP contribution >= 0.6 is 0 Å². The van der Waals surface area contributed by atoms with Crippen LogP contribution in [-0.2, 0) is 0 Å². The predicted molar refractivity (Wildman–Crippen MR) is 68.4 cm³/mol. The van der Waals surface area contributed by atoms with Gasteiger partial charge in [-0.1, -0.05) is 20.8 Å². The summed E-state index contributed by atoms with van der Waals surface area (Å²) in [6.45, 7) is 9.39. The molecule has 1 unspecified atom stereocenters. The van der Waals surface area contributed by atoms with Crippen molar-refractivity contribution in [3.05, 3.63) is 0 Å². The lowest BCUT2D eigenvalue weighted by molar-refractivity contribution is -0.0186. The average molecular weight is 247 g/mol. The summed E-state index contributed by atoms with van der Waals surface area (Å²) in [7, 11) is 0. The number of rotatable bonds is 3. The zero-order chi connectivity index (χ0) is 13.3. The Labute approximate surface area is 104 Å². The summed E-state index contributed by atoms with van der Waals surface area (Å²) in [6.07, 6.45) is 4.37. The Morgan fingerprint density at radius 1 is 1.00 bits per heavy atom. The molecule has 102 valence electrons. The molecule has 0 spiro atoms. The van der Waals surface area contributed by atoms with E-state index in [1.54, 1.807) is 6.92 Å². The third kappa shape index (κ3) is 4.53. The molecule has 0 aromatic rings. The number of hydrogen-bond acceptors (Lipinski definition) is 1. The summed E-state index contributed by atoms with van der Waals surface area (Å²) < 4.78 is 26.1. The lowest BCUT2D eigenvalue weighted by Gasteiger charge is -2.38. The molecule has 1 N–H and O–H groups in total. The third-order valence-corrected chi connectivity index (χ3v) is 4.20. The maximum atomic E-state index is 13.1. The minimum absolute atomic E-state index is 0.273. The molecule has 1 aliphatic carbocycles. The number of alkyl halides is 2. The molecule has 1 aliphatic rings. The monoisotopic (exact) mass is 247 g/mol. The van der Waals surface area contributed by atoms with E-state index in [0.717, 1.165) is 38.5 Å². The van der Waals surface area contributed by atoms with Crippen molar-refractivity contribution in [1.29, 1.82) is 0 Å². The summed E-state index contributed by atoms with van der Waals surface area (Å²) in [5.41, 5.74) is 0.352. The van der Waals surface area contributed by atoms with Gasteiger partial charge >= 0.3 is 0 Å². The van der Waals surface area contributed by atoms with Crippen LogP contribution in [0.1, 0.15) is 60.3 Å². The van der Waals surface area contributed by atoms with Gasteiger partial charge in [-0.3, -0.25) is 0 Å². The van der Waals surface area contributed by atoms with Gasteiger partial charge in [-0.2, -0.15) is 0 Å². The van der Waals surface area contributed by atoms with Crippen LogP contribution < -0.4 is 5.32 Å². The zero-order valence-electron chi connectivity index (χ0n) is 11.8. The van der Waals surface area contributed by atoms with E-state index in [2.05, 4.69) is 26.1 Å². The second-order valence-electron chi connectivity index (χ2n) is 6.76. The zero-order valence-corrected chi connectivity index (χ0v) is 11.8. The van der Waals surface area contributed by atoms with Gasteiger partial charge in [0.25, 0.3) is 5.92 Å². The van der Waals surface area contributed by atoms with E-state index in [1.807, 2.05) is 0 Å². The fourth-order valence-electron chi connectivity index (χ4n) is 2.63. The van der Waals surface area contributed by atoms with Crippen LogP contribution in [0.25, 0.3) is 0 Å². The predicted octanol–water partition coefficient (Wildman–Crippen LogP) is 4.22. The van der Waals surface area contributed by atoms with Gasteiger partial charge in [0.1, 0.15) is 0 Å². The lowest BCUT2D eigenvalue weighted by Crippen LogP contribution is -2.47. The number of halogens is 2. The SMILES string of the molecule is CC(NC1CCC(C(C)(C)C)CC1)C(C)(F)F. The lowest BCUT2D eigenvalue weighted by atomic mass is 9.71. The van der Waals surface area contributed by atoms with Crippen LogP contribution in [0.15, 0.2) is 0 Å². The van der Waals surface area contributed by atoms with Crippen molar-refractivity contribution >= 4 is 0 Å². The van der Waals surface area contributed by atoms with Crippen LogP contribution in [0.4, 0.5) is 8.78 Å². The van der Waals surface area contributed by atoms with Crippen LogP contribution in [0.3, 0.4) is 0 Å². The molecule has 0 aromatic carbocycles. The third-order valence-electron chi connectivity index (χ3n) is 4.20. The standard InChI is InChI=1S/C14H27F2N/c1-10(14(5,15)16)17-12-8-6-11(7-9-12)13(2,3)4/h10-12,17H,6-9H2,1-5H3. The Hall–Kier alpha value is -0.180. The van der Waals surface area contributed by atoms with Crippen molar-refractivity contribution in [3.63, 3.8) is 0 Å². The molecule has 17 heavy (non-hydrogen) atoms. The van der Waals surface area contributed by atoms with Gasteiger partial charge in [0, 0.05) is 13.0 Å². The second-order valence-corrected chi connectivity index (χ2v) is 6.76. The summed E-state index contributed by atoms with van der Waals surface area (Å²) in [5.74, 6) is -1.89. The highest BCUT2D eigenvalue weighted by atomic mass is 19.3. The van der Waals surface area contributed by atoms with E-state index in [-0.39, 0.29) is 6.04 Å². The minimum atomic E-state index is -2.62. The van der Waals surface area contributed by atoms with Gasteiger partial charge in [0.05, 0.1) is 6.04 Å². The van der Waals surface area contributed by atoms with Gasteiger partial charge in [-0.25, -0.2) is 8.78 Å². The first-order chi connectivity index (χ1) is 7.60. The maximum Gasteiger partial charge on any atom is 0.260 e. The molecule has 0 bridgehead atoms. The molecule has 1 fully saturated rings. The van der Waals surface area contributed by atoms with E-state index in [9.17, 15) is 8.78 Å². The molecule has 0 amide bonds. The molecule has 0 aliphatic heterocycles. The van der Waals surface area contributed by atoms with E-state index < -0.39 is 12.0 Å². The van der Waals surface area contributed by atoms with Crippen LogP contribution in [0.2, 0.25) is 0 Å². The number of hydrogen-bond donors (Lipinski definition) is 1. The van der Waals surface area contributed by atoms with Crippen LogP contribution in [-0.4, -0.2) is 18.0 Å². The summed E-state index contributed by atoms with van der Waals surface area (Å²) >= 11 is 0. The Balaban J connectivity index is 2.38. The van der Waals surface area contributed by atoms with Gasteiger partial charge < -0.3 is 5.32 Å². The van der Waals surface area contributed by atoms with Crippen molar-refractivity contribution in [2.75, 3.05) is 0 Å². The first-order valence-electron chi connectivity index (χ1n) is 6.74. The molecule has 0 aromatic heterocycles. The Kier molecular flexibility index (Phi) is 4.56. The molecular weight excluding hydrogens is 220 g/mol. The highest BCUT2D eigenvalue weighted by Crippen LogP contribution is 2.38. The Bertz CT molecular complexity index is 232. The highest BCUT2D eigenvalue weighted by Gasteiger charge is 2.34. The largest absolute Gasteiger partial charge is 0.306 e. The van der Waals surface area contributed by atoms with Gasteiger partial charge in [-0.15, -0.1) is 0 Å². The molecule has 0 heterocycles. The molecule has 0 saturated heterocycles. The van der Waals surface area contributed by atoms with Crippen molar-refractivity contribution in [1.82, 2.24) is 5.32 Å². The van der Waals surface area contributed by atoms with E-state index in [1.165, 1.54) is 0 Å². The van der Waals surface area contributed by atoms with Crippen LogP contribution in [0, 0.1) is 11.3 Å². The molecular formula is C14H27F2N. The molecule has 0 radical (unpaired) electrons. The van der Waals surface area contributed by atoms with E-state index in [4.69, 9.17) is 0 Å². The fourth-order valence-corrected chi connectivity index (χ4v) is 2.63. The summed E-state index contributed by atoms with van der Waals surface area (Å²) in [5, 5.41) is 3.08. The van der Waals surface area contributed by atoms with Crippen molar-refractivity contribution < 1.29 is 8.78 Å². The first kappa shape index (κ1) is 14.9. The Morgan fingerprint density at radius 3 is 1.82 bits per heavy atom. The van der Waals surface area contributed by atoms with E-state index in [0.29, 0.717) is 5.41 Å². The number of nitrogens with one attached hydrogen (secondary N) is 1. The van der Waals surface area contributed by atoms with Crippen molar-refractivity contribution in [2.24, 2.45) is 11.3 Å². The quantitative estimate of drug-likeness (QED) is 0.787. The topological polar surface area (TPSA) is 12.0 Å². The molecule has 3 heteroatoms. The minimum Gasteiger partial charge on any atom is -0.306 e. The second kappa shape index (κ2) is 5.21. The van der Waals surface area contributed by atoms with Gasteiger partial charge in [0.2, 0.25) is 0 Å². The highest BCUT2D eigenvalue weighted by molar-refractivity contribution is 4.86. The molecule has 1 rings (SSSR count). The maximum absolute atomic E-state index is 13.1. The summed E-state index contributed by atoms with van der Waals surface area (Å²) in [6, 6.07) is -0.451. The smallest absolute Gasteiger partial charge is 0.260 e. The van der Waals surface area contributed by atoms with Crippen LogP contribution in [0.5, 0.6) is 0 Å². The van der Waals surface area contributed by atoms with E-state index >= 15 is 0 Å². The van der Waals surface area contributed by atoms with Gasteiger partial charge in [-0.05, 0) is 43.9 Å². The fraction of sp³-hybridized carbons (Fsp3) is 1.00. The Morgan fingerprint density at radius 2 is 1.47 bits per heavy atom. The first-order valence-corrected chi connectivity index (χ1v) is 6.74. The molecule has 1 nitrogen and oxygen atoms in total. The molecule has 1 atom stereocenters. The van der Waals surface area contributed by atoms with Crippen molar-refractivity contribution in [2.45, 2.75) is 78.3 Å².